The summed E-state index contributed by atoms with van der Waals surface area (Å²) in [5.41, 5.74) is -1.89. The Morgan fingerprint density at radius 1 is 1.27 bits per heavy atom. The predicted molar refractivity (Wildman–Crippen MR) is 73.7 cm³/mol. The molecule has 1 heterocycles. The Balaban J connectivity index is 2.33. The van der Waals surface area contributed by atoms with Crippen LogP contribution < -0.4 is 5.32 Å². The molecule has 1 atom stereocenters. The minimum atomic E-state index is -3.37. The summed E-state index contributed by atoms with van der Waals surface area (Å²) < 4.78 is 49.2. The zero-order valence-corrected chi connectivity index (χ0v) is 12.7. The molecule has 6 nitrogen and oxygen atoms in total. The maximum absolute atomic E-state index is 13.9. The summed E-state index contributed by atoms with van der Waals surface area (Å²) in [6, 6.07) is 1.84. The van der Waals surface area contributed by atoms with Crippen LogP contribution in [0.15, 0.2) is 18.2 Å². The normalized spacial score (nSPS) is 22.1. The lowest BCUT2D eigenvalue weighted by molar-refractivity contribution is -0.131. The first-order valence-corrected chi connectivity index (χ1v) is 8.38. The fraction of sp³-hybridized carbons (Fsp3) is 0.385. The van der Waals surface area contributed by atoms with Gasteiger partial charge < -0.3 is 5.32 Å². The molecule has 1 aliphatic rings. The molecule has 3 amide bonds. The van der Waals surface area contributed by atoms with Gasteiger partial charge in [-0.2, -0.15) is 0 Å². The van der Waals surface area contributed by atoms with E-state index in [0.717, 1.165) is 18.4 Å². The van der Waals surface area contributed by atoms with Crippen LogP contribution >= 0.6 is 0 Å². The summed E-state index contributed by atoms with van der Waals surface area (Å²) in [6.07, 6.45) is 0.976. The van der Waals surface area contributed by atoms with Crippen molar-refractivity contribution in [3.05, 3.63) is 35.4 Å². The lowest BCUT2D eigenvalue weighted by atomic mass is 9.91. The summed E-state index contributed by atoms with van der Waals surface area (Å²) in [5, 5.41) is 2.32. The molecule has 0 aliphatic carbocycles. The van der Waals surface area contributed by atoms with Crippen molar-refractivity contribution >= 4 is 21.8 Å². The Morgan fingerprint density at radius 2 is 1.91 bits per heavy atom. The van der Waals surface area contributed by atoms with Crippen LogP contribution in [-0.2, 0) is 20.2 Å². The molecule has 0 bridgehead atoms. The Hall–Kier alpha value is -2.03. The van der Waals surface area contributed by atoms with Gasteiger partial charge in [-0.1, -0.05) is 6.07 Å². The molecule has 1 N–H and O–H groups in total. The molecule has 1 aliphatic heterocycles. The van der Waals surface area contributed by atoms with E-state index in [9.17, 15) is 26.8 Å². The van der Waals surface area contributed by atoms with Crippen LogP contribution in [0, 0.1) is 11.6 Å². The minimum Gasteiger partial charge on any atom is -0.319 e. The molecule has 0 radical (unpaired) electrons. The quantitative estimate of drug-likeness (QED) is 0.826. The maximum atomic E-state index is 13.9. The number of nitrogens with zero attached hydrogens (tertiary/aromatic N) is 1. The number of imide groups is 1. The van der Waals surface area contributed by atoms with Gasteiger partial charge in [0.25, 0.3) is 5.91 Å². The summed E-state index contributed by atoms with van der Waals surface area (Å²) in [5.74, 6) is -2.96. The lowest BCUT2D eigenvalue weighted by Gasteiger charge is -2.22. The van der Waals surface area contributed by atoms with E-state index >= 15 is 0 Å². The van der Waals surface area contributed by atoms with E-state index in [4.69, 9.17) is 0 Å². The van der Waals surface area contributed by atoms with Gasteiger partial charge in [-0.15, -0.1) is 0 Å². The summed E-state index contributed by atoms with van der Waals surface area (Å²) in [7, 11) is -3.37. The van der Waals surface area contributed by atoms with E-state index in [2.05, 4.69) is 5.32 Å². The number of amides is 3. The molecule has 1 aromatic rings. The lowest BCUT2D eigenvalue weighted by Crippen LogP contribution is -2.42. The average Bonchev–Trinajstić information content (AvgIpc) is 2.57. The number of carbonyl (C=O) groups is 2. The van der Waals surface area contributed by atoms with Crippen LogP contribution in [0.1, 0.15) is 12.5 Å². The van der Waals surface area contributed by atoms with E-state index in [1.807, 2.05) is 0 Å². The fourth-order valence-electron chi connectivity index (χ4n) is 2.23. The highest BCUT2D eigenvalue weighted by Crippen LogP contribution is 2.30. The molecule has 1 aromatic carbocycles. The largest absolute Gasteiger partial charge is 0.325 e. The van der Waals surface area contributed by atoms with Crippen LogP contribution in [0.3, 0.4) is 0 Å². The Labute approximate surface area is 126 Å². The number of carbonyl (C=O) groups excluding carboxylic acids is 2. The van der Waals surface area contributed by atoms with Gasteiger partial charge in [0.2, 0.25) is 0 Å². The van der Waals surface area contributed by atoms with E-state index in [-0.39, 0.29) is 12.1 Å². The topological polar surface area (TPSA) is 83.6 Å². The maximum Gasteiger partial charge on any atom is 0.325 e. The predicted octanol–water partition coefficient (Wildman–Crippen LogP) is 0.776. The molecule has 2 rings (SSSR count). The van der Waals surface area contributed by atoms with Crippen molar-refractivity contribution in [2.45, 2.75) is 12.5 Å². The van der Waals surface area contributed by atoms with Crippen molar-refractivity contribution in [1.29, 1.82) is 0 Å². The van der Waals surface area contributed by atoms with Crippen molar-refractivity contribution < 1.29 is 26.8 Å². The number of urea groups is 1. The Kier molecular flexibility index (Phi) is 3.94. The third kappa shape index (κ3) is 2.94. The first-order valence-electron chi connectivity index (χ1n) is 6.32. The first-order chi connectivity index (χ1) is 10.0. The van der Waals surface area contributed by atoms with Gasteiger partial charge in [-0.05, 0) is 13.0 Å². The Morgan fingerprint density at radius 3 is 2.45 bits per heavy atom. The average molecular weight is 332 g/mol. The molecule has 0 aromatic heterocycles. The van der Waals surface area contributed by atoms with Crippen LogP contribution in [0.2, 0.25) is 0 Å². The van der Waals surface area contributed by atoms with Gasteiger partial charge >= 0.3 is 6.03 Å². The van der Waals surface area contributed by atoms with Gasteiger partial charge in [0, 0.05) is 24.4 Å². The number of sulfone groups is 1. The van der Waals surface area contributed by atoms with Crippen molar-refractivity contribution in [2.75, 3.05) is 18.6 Å². The van der Waals surface area contributed by atoms with E-state index in [1.54, 1.807) is 0 Å². The molecule has 0 saturated carbocycles. The van der Waals surface area contributed by atoms with Crippen molar-refractivity contribution in [3.8, 4) is 0 Å². The molecule has 22 heavy (non-hydrogen) atoms. The van der Waals surface area contributed by atoms with Crippen LogP contribution in [-0.4, -0.2) is 43.8 Å². The van der Waals surface area contributed by atoms with Crippen LogP contribution in [0.25, 0.3) is 0 Å². The van der Waals surface area contributed by atoms with Crippen molar-refractivity contribution in [1.82, 2.24) is 10.2 Å². The van der Waals surface area contributed by atoms with E-state index < -0.39 is 44.7 Å². The zero-order chi connectivity index (χ0) is 16.7. The molecular weight excluding hydrogens is 318 g/mol. The number of nitrogens with one attached hydrogen (secondary N) is 1. The second-order valence-electron chi connectivity index (χ2n) is 5.27. The Bertz CT molecular complexity index is 750. The molecular formula is C13H14F2N2O4S. The van der Waals surface area contributed by atoms with Gasteiger partial charge in [0.05, 0.1) is 5.75 Å². The van der Waals surface area contributed by atoms with Crippen LogP contribution in [0.4, 0.5) is 13.6 Å². The van der Waals surface area contributed by atoms with E-state index in [1.165, 1.54) is 6.92 Å². The monoisotopic (exact) mass is 332 g/mol. The zero-order valence-electron chi connectivity index (χ0n) is 11.9. The number of hydrogen-bond donors (Lipinski definition) is 1. The number of hydrogen-bond acceptors (Lipinski definition) is 4. The van der Waals surface area contributed by atoms with Gasteiger partial charge in [0.15, 0.2) is 0 Å². The van der Waals surface area contributed by atoms with Crippen molar-refractivity contribution in [3.63, 3.8) is 0 Å². The third-order valence-corrected chi connectivity index (χ3v) is 4.35. The molecule has 120 valence electrons. The smallest absolute Gasteiger partial charge is 0.319 e. The summed E-state index contributed by atoms with van der Waals surface area (Å²) in [4.78, 5) is 25.0. The second-order valence-corrected chi connectivity index (χ2v) is 7.53. The number of benzene rings is 1. The van der Waals surface area contributed by atoms with Crippen molar-refractivity contribution in [2.24, 2.45) is 0 Å². The summed E-state index contributed by atoms with van der Waals surface area (Å²) >= 11 is 0. The molecule has 9 heteroatoms. The highest BCUT2D eigenvalue weighted by Gasteiger charge is 2.50. The van der Waals surface area contributed by atoms with Gasteiger partial charge in [-0.25, -0.2) is 22.0 Å². The van der Waals surface area contributed by atoms with E-state index in [0.29, 0.717) is 11.0 Å². The fourth-order valence-corrected chi connectivity index (χ4v) is 2.75. The van der Waals surface area contributed by atoms with Gasteiger partial charge in [0.1, 0.15) is 27.0 Å². The molecule has 0 spiro atoms. The SMILES string of the molecule is CC1(c2ccc(F)cc2F)NC(=O)N(CCS(C)(=O)=O)C1=O. The molecule has 1 fully saturated rings. The molecule has 1 saturated heterocycles. The van der Waals surface area contributed by atoms with Crippen LogP contribution in [0.5, 0.6) is 0 Å². The highest BCUT2D eigenvalue weighted by molar-refractivity contribution is 7.90. The standard InChI is InChI=1S/C13H14F2N2O4S/c1-13(9-4-3-8(14)7-10(9)15)11(18)17(12(19)16-13)5-6-22(2,20)21/h3-4,7H,5-6H2,1-2H3,(H,16,19). The first kappa shape index (κ1) is 16.3. The van der Waals surface area contributed by atoms with Gasteiger partial charge in [-0.3, -0.25) is 9.69 Å². The minimum absolute atomic E-state index is 0.186. The number of rotatable bonds is 4. The highest BCUT2D eigenvalue weighted by atomic mass is 32.2. The number of halogens is 2. The molecule has 1 unspecified atom stereocenters. The summed E-state index contributed by atoms with van der Waals surface area (Å²) in [6.45, 7) is 0.950. The second kappa shape index (κ2) is 5.31. The third-order valence-electron chi connectivity index (χ3n) is 3.43.